The molecule has 0 aliphatic heterocycles. The Balaban J connectivity index is 2.83. The summed E-state index contributed by atoms with van der Waals surface area (Å²) in [5.41, 5.74) is 0.739. The molecule has 0 aromatic carbocycles. The van der Waals surface area contributed by atoms with Gasteiger partial charge in [-0.25, -0.2) is 0 Å². The fourth-order valence-electron chi connectivity index (χ4n) is 0.910. The molecule has 0 saturated heterocycles. The second kappa shape index (κ2) is 4.28. The van der Waals surface area contributed by atoms with E-state index in [1.54, 1.807) is 13.2 Å². The highest BCUT2D eigenvalue weighted by atomic mass is 35.5. The molecule has 1 aromatic heterocycles. The third-order valence-electron chi connectivity index (χ3n) is 1.42. The SMILES string of the molecule is COCc1ccoc1C(=O)CCl. The van der Waals surface area contributed by atoms with E-state index < -0.39 is 0 Å². The monoisotopic (exact) mass is 188 g/mol. The van der Waals surface area contributed by atoms with E-state index >= 15 is 0 Å². The molecule has 0 atom stereocenters. The maximum Gasteiger partial charge on any atom is 0.213 e. The molecule has 0 radical (unpaired) electrons. The molecule has 0 bridgehead atoms. The molecule has 66 valence electrons. The van der Waals surface area contributed by atoms with Gasteiger partial charge in [-0.15, -0.1) is 11.6 Å². The van der Waals surface area contributed by atoms with Gasteiger partial charge in [-0.3, -0.25) is 4.79 Å². The van der Waals surface area contributed by atoms with Crippen molar-refractivity contribution in [3.8, 4) is 0 Å². The average Bonchev–Trinajstić information content (AvgIpc) is 2.52. The number of hydrogen-bond acceptors (Lipinski definition) is 3. The Morgan fingerprint density at radius 3 is 3.08 bits per heavy atom. The Bertz CT molecular complexity index is 267. The molecule has 0 N–H and O–H groups in total. The predicted molar refractivity (Wildman–Crippen MR) is 44.5 cm³/mol. The van der Waals surface area contributed by atoms with Crippen LogP contribution in [0, 0.1) is 0 Å². The van der Waals surface area contributed by atoms with Crippen molar-refractivity contribution in [3.63, 3.8) is 0 Å². The lowest BCUT2D eigenvalue weighted by Gasteiger charge is -1.97. The van der Waals surface area contributed by atoms with Crippen molar-refractivity contribution >= 4 is 17.4 Å². The lowest BCUT2D eigenvalue weighted by atomic mass is 10.2. The molecule has 4 heteroatoms. The molecule has 1 rings (SSSR count). The van der Waals surface area contributed by atoms with E-state index in [0.717, 1.165) is 5.56 Å². The number of ketones is 1. The molecule has 12 heavy (non-hydrogen) atoms. The summed E-state index contributed by atoms with van der Waals surface area (Å²) in [6.45, 7) is 0.370. The lowest BCUT2D eigenvalue weighted by molar-refractivity contribution is 0.0984. The van der Waals surface area contributed by atoms with Gasteiger partial charge in [0.25, 0.3) is 0 Å². The van der Waals surface area contributed by atoms with Gasteiger partial charge in [0.2, 0.25) is 5.78 Å². The maximum absolute atomic E-state index is 11.1. The van der Waals surface area contributed by atoms with Crippen LogP contribution in [-0.2, 0) is 11.3 Å². The zero-order valence-corrected chi connectivity index (χ0v) is 7.43. The largest absolute Gasteiger partial charge is 0.461 e. The van der Waals surface area contributed by atoms with Gasteiger partial charge in [0.05, 0.1) is 18.8 Å². The first kappa shape index (κ1) is 9.29. The van der Waals surface area contributed by atoms with Gasteiger partial charge in [-0.05, 0) is 6.07 Å². The van der Waals surface area contributed by atoms with E-state index in [1.807, 2.05) is 0 Å². The second-order valence-electron chi connectivity index (χ2n) is 2.26. The minimum Gasteiger partial charge on any atom is -0.461 e. The Hall–Kier alpha value is -0.800. The molecule has 0 amide bonds. The number of Topliss-reactive ketones (excluding diaryl/α,β-unsaturated/α-hetero) is 1. The normalized spacial score (nSPS) is 10.2. The number of carbonyl (C=O) groups is 1. The van der Waals surface area contributed by atoms with Gasteiger partial charge in [0.1, 0.15) is 0 Å². The van der Waals surface area contributed by atoms with Crippen LogP contribution in [0.1, 0.15) is 16.1 Å². The summed E-state index contributed by atoms with van der Waals surface area (Å²) in [6, 6.07) is 1.70. The second-order valence-corrected chi connectivity index (χ2v) is 2.53. The molecule has 0 fully saturated rings. The quantitative estimate of drug-likeness (QED) is 0.535. The Morgan fingerprint density at radius 1 is 1.75 bits per heavy atom. The van der Waals surface area contributed by atoms with Gasteiger partial charge >= 0.3 is 0 Å². The topological polar surface area (TPSA) is 39.4 Å². The summed E-state index contributed by atoms with van der Waals surface area (Å²) in [5.74, 6) is 0.0186. The van der Waals surface area contributed by atoms with E-state index in [0.29, 0.717) is 12.4 Å². The Morgan fingerprint density at radius 2 is 2.50 bits per heavy atom. The van der Waals surface area contributed by atoms with Gasteiger partial charge in [-0.2, -0.15) is 0 Å². The highest BCUT2D eigenvalue weighted by molar-refractivity contribution is 6.30. The number of alkyl halides is 1. The zero-order chi connectivity index (χ0) is 8.97. The van der Waals surface area contributed by atoms with Crippen LogP contribution in [0.2, 0.25) is 0 Å². The smallest absolute Gasteiger partial charge is 0.213 e. The number of carbonyl (C=O) groups excluding carboxylic acids is 1. The van der Waals surface area contributed by atoms with Crippen LogP contribution in [-0.4, -0.2) is 18.8 Å². The summed E-state index contributed by atoms with van der Waals surface area (Å²) < 4.78 is 9.82. The standard InChI is InChI=1S/C8H9ClO3/c1-11-5-6-2-3-12-8(6)7(10)4-9/h2-3H,4-5H2,1H3. The fraction of sp³-hybridized carbons (Fsp3) is 0.375. The summed E-state index contributed by atoms with van der Waals surface area (Å²) in [5, 5.41) is 0. The fourth-order valence-corrected chi connectivity index (χ4v) is 1.03. The number of ether oxygens (including phenoxy) is 1. The molecule has 0 aliphatic carbocycles. The molecule has 0 unspecified atom stereocenters. The van der Waals surface area contributed by atoms with Gasteiger partial charge in [0, 0.05) is 12.7 Å². The van der Waals surface area contributed by atoms with Crippen LogP contribution >= 0.6 is 11.6 Å². The number of halogens is 1. The van der Waals surface area contributed by atoms with E-state index in [4.69, 9.17) is 20.8 Å². The molecule has 0 aliphatic rings. The summed E-state index contributed by atoms with van der Waals surface area (Å²) >= 11 is 5.37. The molecule has 0 spiro atoms. The van der Waals surface area contributed by atoms with Crippen LogP contribution in [0.15, 0.2) is 16.7 Å². The van der Waals surface area contributed by atoms with Crippen molar-refractivity contribution in [1.82, 2.24) is 0 Å². The predicted octanol–water partition coefficient (Wildman–Crippen LogP) is 1.85. The van der Waals surface area contributed by atoms with Crippen LogP contribution < -0.4 is 0 Å². The summed E-state index contributed by atoms with van der Waals surface area (Å²) in [6.07, 6.45) is 1.45. The molecule has 1 heterocycles. The van der Waals surface area contributed by atoms with E-state index in [9.17, 15) is 4.79 Å². The number of methoxy groups -OCH3 is 1. The van der Waals surface area contributed by atoms with Crippen molar-refractivity contribution in [1.29, 1.82) is 0 Å². The van der Waals surface area contributed by atoms with E-state index in [1.165, 1.54) is 6.26 Å². The first-order valence-electron chi connectivity index (χ1n) is 3.44. The first-order chi connectivity index (χ1) is 5.79. The van der Waals surface area contributed by atoms with Crippen molar-refractivity contribution in [3.05, 3.63) is 23.7 Å². The third kappa shape index (κ3) is 1.87. The highest BCUT2D eigenvalue weighted by Gasteiger charge is 2.13. The van der Waals surface area contributed by atoms with Gasteiger partial charge in [-0.1, -0.05) is 0 Å². The Labute approximate surface area is 75.3 Å². The zero-order valence-electron chi connectivity index (χ0n) is 6.67. The van der Waals surface area contributed by atoms with Crippen LogP contribution in [0.25, 0.3) is 0 Å². The summed E-state index contributed by atoms with van der Waals surface area (Å²) in [4.78, 5) is 11.1. The van der Waals surface area contributed by atoms with Crippen LogP contribution in [0.3, 0.4) is 0 Å². The van der Waals surface area contributed by atoms with Crippen molar-refractivity contribution < 1.29 is 13.9 Å². The minimum atomic E-state index is -0.214. The number of hydrogen-bond donors (Lipinski definition) is 0. The third-order valence-corrected chi connectivity index (χ3v) is 1.66. The number of furan rings is 1. The number of rotatable bonds is 4. The van der Waals surface area contributed by atoms with Crippen molar-refractivity contribution in [2.45, 2.75) is 6.61 Å². The van der Waals surface area contributed by atoms with Gasteiger partial charge < -0.3 is 9.15 Å². The first-order valence-corrected chi connectivity index (χ1v) is 3.97. The van der Waals surface area contributed by atoms with Gasteiger partial charge in [0.15, 0.2) is 5.76 Å². The molecular formula is C8H9ClO3. The van der Waals surface area contributed by atoms with Crippen LogP contribution in [0.4, 0.5) is 0 Å². The Kier molecular flexibility index (Phi) is 3.31. The maximum atomic E-state index is 11.1. The van der Waals surface area contributed by atoms with E-state index in [2.05, 4.69) is 0 Å². The van der Waals surface area contributed by atoms with E-state index in [-0.39, 0.29) is 11.7 Å². The molecule has 1 aromatic rings. The van der Waals surface area contributed by atoms with Crippen molar-refractivity contribution in [2.24, 2.45) is 0 Å². The molecule has 3 nitrogen and oxygen atoms in total. The van der Waals surface area contributed by atoms with Crippen molar-refractivity contribution in [2.75, 3.05) is 13.0 Å². The highest BCUT2D eigenvalue weighted by Crippen LogP contribution is 2.12. The summed E-state index contributed by atoms with van der Waals surface area (Å²) in [7, 11) is 1.56. The lowest BCUT2D eigenvalue weighted by Crippen LogP contribution is -2.02. The minimum absolute atomic E-state index is 0.0653. The molecule has 0 saturated carbocycles. The average molecular weight is 189 g/mol. The van der Waals surface area contributed by atoms with Crippen LogP contribution in [0.5, 0.6) is 0 Å². The molecular weight excluding hydrogens is 180 g/mol.